The van der Waals surface area contributed by atoms with Gasteiger partial charge in [0.05, 0.1) is 11.0 Å². The van der Waals surface area contributed by atoms with Gasteiger partial charge in [0, 0.05) is 64.1 Å². The Labute approximate surface area is 331 Å². The van der Waals surface area contributed by atoms with E-state index in [0.717, 1.165) is 56.0 Å². The Balaban J connectivity index is 1.04. The molecular formula is C51H32N4OS. The third-order valence-electron chi connectivity index (χ3n) is 11.3. The fourth-order valence-corrected chi connectivity index (χ4v) is 9.82. The van der Waals surface area contributed by atoms with Crippen molar-refractivity contribution in [1.82, 2.24) is 9.88 Å². The van der Waals surface area contributed by atoms with Crippen LogP contribution in [0.4, 0.5) is 0 Å². The second-order valence-electron chi connectivity index (χ2n) is 14.6. The number of furan rings is 1. The predicted molar refractivity (Wildman–Crippen MR) is 238 cm³/mol. The van der Waals surface area contributed by atoms with E-state index in [9.17, 15) is 0 Å². The first kappa shape index (κ1) is 32.0. The average Bonchev–Trinajstić information content (AvgIpc) is 3.96. The van der Waals surface area contributed by atoms with Crippen LogP contribution in [0.2, 0.25) is 0 Å². The molecule has 57 heavy (non-hydrogen) atoms. The van der Waals surface area contributed by atoms with Crippen molar-refractivity contribution in [2.24, 2.45) is 9.98 Å². The molecule has 0 aliphatic carbocycles. The third-order valence-corrected chi connectivity index (χ3v) is 12.4. The molecule has 3 aromatic heterocycles. The molecule has 6 heteroatoms. The van der Waals surface area contributed by atoms with Gasteiger partial charge in [-0.2, -0.15) is 0 Å². The van der Waals surface area contributed by atoms with Crippen molar-refractivity contribution in [3.63, 3.8) is 0 Å². The van der Waals surface area contributed by atoms with Crippen molar-refractivity contribution in [3.8, 4) is 16.8 Å². The molecule has 1 atom stereocenters. The zero-order valence-corrected chi connectivity index (χ0v) is 31.4. The number of aromatic nitrogens is 1. The lowest BCUT2D eigenvalue weighted by molar-refractivity contribution is 0.669. The molecule has 0 amide bonds. The minimum absolute atomic E-state index is 0.476. The van der Waals surface area contributed by atoms with Gasteiger partial charge in [-0.15, -0.1) is 11.3 Å². The lowest BCUT2D eigenvalue weighted by Crippen LogP contribution is -2.36. The Morgan fingerprint density at radius 1 is 0.474 bits per heavy atom. The number of nitrogens with zero attached hydrogens (tertiary/aromatic N) is 3. The van der Waals surface area contributed by atoms with E-state index in [4.69, 9.17) is 14.4 Å². The molecule has 268 valence electrons. The Hall–Kier alpha value is -7.28. The highest BCUT2D eigenvalue weighted by Gasteiger charge is 2.26. The predicted octanol–water partition coefficient (Wildman–Crippen LogP) is 13.2. The number of rotatable bonds is 5. The molecule has 8 aromatic carbocycles. The maximum Gasteiger partial charge on any atom is 0.170 e. The average molecular weight is 749 g/mol. The number of benzene rings is 8. The second kappa shape index (κ2) is 12.6. The molecule has 1 aliphatic rings. The van der Waals surface area contributed by atoms with E-state index in [1.165, 1.54) is 53.1 Å². The first-order valence-corrected chi connectivity index (χ1v) is 20.0. The van der Waals surface area contributed by atoms with E-state index in [-0.39, 0.29) is 0 Å². The summed E-state index contributed by atoms with van der Waals surface area (Å²) >= 11 is 1.82. The lowest BCUT2D eigenvalue weighted by Gasteiger charge is -2.23. The van der Waals surface area contributed by atoms with Crippen molar-refractivity contribution < 1.29 is 4.42 Å². The van der Waals surface area contributed by atoms with Crippen molar-refractivity contribution >= 4 is 86.9 Å². The van der Waals surface area contributed by atoms with Gasteiger partial charge in [-0.3, -0.25) is 0 Å². The molecule has 0 radical (unpaired) electrons. The van der Waals surface area contributed by atoms with Gasteiger partial charge < -0.3 is 14.3 Å². The summed E-state index contributed by atoms with van der Waals surface area (Å²) in [7, 11) is 0. The summed E-state index contributed by atoms with van der Waals surface area (Å²) in [5.74, 6) is 1.56. The van der Waals surface area contributed by atoms with Crippen molar-refractivity contribution in [3.05, 3.63) is 199 Å². The number of amidine groups is 2. The van der Waals surface area contributed by atoms with Crippen LogP contribution in [0.15, 0.2) is 196 Å². The monoisotopic (exact) mass is 748 g/mol. The minimum atomic E-state index is -0.476. The van der Waals surface area contributed by atoms with E-state index in [1.54, 1.807) is 0 Å². The van der Waals surface area contributed by atoms with Crippen LogP contribution < -0.4 is 5.32 Å². The van der Waals surface area contributed by atoms with Crippen molar-refractivity contribution in [2.45, 2.75) is 6.17 Å². The number of para-hydroxylation sites is 3. The van der Waals surface area contributed by atoms with Crippen LogP contribution in [-0.2, 0) is 0 Å². The zero-order valence-electron chi connectivity index (χ0n) is 30.6. The van der Waals surface area contributed by atoms with Crippen LogP contribution in [0.3, 0.4) is 0 Å². The molecule has 1 N–H and O–H groups in total. The van der Waals surface area contributed by atoms with Crippen LogP contribution >= 0.6 is 11.3 Å². The molecule has 5 nitrogen and oxygen atoms in total. The Morgan fingerprint density at radius 3 is 2.04 bits per heavy atom. The topological polar surface area (TPSA) is 54.8 Å². The maximum atomic E-state index is 6.30. The Morgan fingerprint density at radius 2 is 1.16 bits per heavy atom. The molecule has 4 heterocycles. The second-order valence-corrected chi connectivity index (χ2v) is 15.6. The summed E-state index contributed by atoms with van der Waals surface area (Å²) in [6.07, 6.45) is -0.476. The first-order valence-electron chi connectivity index (χ1n) is 19.2. The molecule has 0 saturated heterocycles. The summed E-state index contributed by atoms with van der Waals surface area (Å²) < 4.78 is 11.1. The number of hydrogen-bond acceptors (Lipinski definition) is 5. The van der Waals surface area contributed by atoms with Gasteiger partial charge in [0.1, 0.15) is 22.8 Å². The quantitative estimate of drug-likeness (QED) is 0.191. The molecule has 1 aliphatic heterocycles. The van der Waals surface area contributed by atoms with Gasteiger partial charge in [-0.25, -0.2) is 9.98 Å². The number of nitrogens with one attached hydrogen (secondary N) is 1. The van der Waals surface area contributed by atoms with Gasteiger partial charge in [-0.05, 0) is 71.8 Å². The van der Waals surface area contributed by atoms with E-state index < -0.39 is 6.17 Å². The highest BCUT2D eigenvalue weighted by Crippen LogP contribution is 2.43. The summed E-state index contributed by atoms with van der Waals surface area (Å²) in [4.78, 5) is 10.8. The fourth-order valence-electron chi connectivity index (χ4n) is 8.70. The van der Waals surface area contributed by atoms with Gasteiger partial charge in [0.2, 0.25) is 0 Å². The smallest absolute Gasteiger partial charge is 0.170 e. The van der Waals surface area contributed by atoms with Crippen LogP contribution in [0.25, 0.3) is 80.7 Å². The largest absolute Gasteiger partial charge is 0.456 e. The van der Waals surface area contributed by atoms with E-state index in [2.05, 4.69) is 162 Å². The normalized spacial score (nSPS) is 14.5. The number of thiophene rings is 1. The van der Waals surface area contributed by atoms with E-state index in [0.29, 0.717) is 0 Å². The number of hydrogen-bond donors (Lipinski definition) is 1. The van der Waals surface area contributed by atoms with Crippen molar-refractivity contribution in [2.75, 3.05) is 0 Å². The fraction of sp³-hybridized carbons (Fsp3) is 0.0196. The summed E-state index contributed by atoms with van der Waals surface area (Å²) in [6, 6.07) is 64.4. The Kier molecular flexibility index (Phi) is 7.09. The van der Waals surface area contributed by atoms with E-state index >= 15 is 0 Å². The van der Waals surface area contributed by atoms with Gasteiger partial charge in [0.25, 0.3) is 0 Å². The molecule has 12 rings (SSSR count). The van der Waals surface area contributed by atoms with Crippen LogP contribution in [0, 0.1) is 0 Å². The summed E-state index contributed by atoms with van der Waals surface area (Å²) in [6.45, 7) is 0. The van der Waals surface area contributed by atoms with Crippen LogP contribution in [0.5, 0.6) is 0 Å². The van der Waals surface area contributed by atoms with Gasteiger partial charge in [-0.1, -0.05) is 121 Å². The standard InChI is InChI=1S/C51H32N4OS/c1-3-13-31(14-4-1)49-52-50(37-19-11-23-44-47(37)36-18-8-10-22-43(36)56-44)54-51(53-49)38-20-12-24-46-48(38)40-30-33(26-28-45(40)57-46)32-25-27-42-39(29-32)35-17-7-9-21-41(35)55(42)34-15-5-2-6-16-34/h1-30,51H,(H,52,53,54). The van der Waals surface area contributed by atoms with Crippen molar-refractivity contribution in [1.29, 1.82) is 0 Å². The SMILES string of the molecule is c1ccc(C2=NC(c3cccc4sc5ccc(-c6ccc7c(c6)c6ccccc6n7-c6ccccc6)cc5c34)N=C(c3cccc4oc5ccccc5c34)N2)cc1. The molecule has 11 aromatic rings. The Bertz CT molecular complexity index is 3450. The van der Waals surface area contributed by atoms with Gasteiger partial charge >= 0.3 is 0 Å². The zero-order chi connectivity index (χ0) is 37.5. The highest BCUT2D eigenvalue weighted by molar-refractivity contribution is 7.25. The van der Waals surface area contributed by atoms with Crippen LogP contribution in [0.1, 0.15) is 22.9 Å². The lowest BCUT2D eigenvalue weighted by atomic mass is 9.98. The molecule has 0 spiro atoms. The highest BCUT2D eigenvalue weighted by atomic mass is 32.1. The third kappa shape index (κ3) is 5.08. The minimum Gasteiger partial charge on any atom is -0.456 e. The maximum absolute atomic E-state index is 6.30. The molecular weight excluding hydrogens is 717 g/mol. The van der Waals surface area contributed by atoms with Crippen LogP contribution in [-0.4, -0.2) is 16.2 Å². The number of fused-ring (bicyclic) bond motifs is 9. The van der Waals surface area contributed by atoms with Gasteiger partial charge in [0.15, 0.2) is 6.17 Å². The molecule has 0 saturated carbocycles. The summed E-state index contributed by atoms with van der Waals surface area (Å²) in [5.41, 5.74) is 10.7. The first-order chi connectivity index (χ1) is 28.2. The summed E-state index contributed by atoms with van der Waals surface area (Å²) in [5, 5.41) is 10.6. The van der Waals surface area contributed by atoms with E-state index in [1.807, 2.05) is 41.7 Å². The number of aliphatic imine (C=N–C) groups is 2. The molecule has 1 unspecified atom stereocenters. The molecule has 0 fully saturated rings. The molecule has 0 bridgehead atoms.